The Morgan fingerprint density at radius 3 is 2.31 bits per heavy atom. The fourth-order valence-electron chi connectivity index (χ4n) is 3.14. The molecule has 2 saturated carbocycles. The van der Waals surface area contributed by atoms with Gasteiger partial charge in [0.15, 0.2) is 0 Å². The van der Waals surface area contributed by atoms with Gasteiger partial charge in [0.1, 0.15) is 0 Å². The summed E-state index contributed by atoms with van der Waals surface area (Å²) in [6, 6.07) is 0. The number of rotatable bonds is 3. The first-order valence-corrected chi connectivity index (χ1v) is 6.05. The lowest BCUT2D eigenvalue weighted by Crippen LogP contribution is -2.17. The summed E-state index contributed by atoms with van der Waals surface area (Å²) in [5.41, 5.74) is 5.68. The largest absolute Gasteiger partial charge is 0.330 e. The van der Waals surface area contributed by atoms with E-state index in [2.05, 4.69) is 6.92 Å². The Morgan fingerprint density at radius 2 is 1.85 bits per heavy atom. The van der Waals surface area contributed by atoms with Crippen LogP contribution in [-0.4, -0.2) is 6.54 Å². The van der Waals surface area contributed by atoms with Gasteiger partial charge in [-0.15, -0.1) is 0 Å². The van der Waals surface area contributed by atoms with Gasteiger partial charge in [0.05, 0.1) is 0 Å². The molecule has 76 valence electrons. The van der Waals surface area contributed by atoms with Crippen LogP contribution in [0.3, 0.4) is 0 Å². The summed E-state index contributed by atoms with van der Waals surface area (Å²) in [6.07, 6.45) is 8.83. The maximum Gasteiger partial charge on any atom is -0.00460 e. The van der Waals surface area contributed by atoms with Crippen LogP contribution < -0.4 is 5.73 Å². The monoisotopic (exact) mass is 181 g/mol. The quantitative estimate of drug-likeness (QED) is 0.712. The predicted octanol–water partition coefficient (Wildman–Crippen LogP) is 2.80. The maximum absolute atomic E-state index is 5.68. The third kappa shape index (κ3) is 2.07. The normalized spacial score (nSPS) is 44.8. The molecular formula is C12H23N. The molecule has 2 aliphatic carbocycles. The average Bonchev–Trinajstić information content (AvgIpc) is 2.97. The molecule has 0 spiro atoms. The van der Waals surface area contributed by atoms with Gasteiger partial charge in [-0.25, -0.2) is 0 Å². The van der Waals surface area contributed by atoms with Crippen molar-refractivity contribution in [3.63, 3.8) is 0 Å². The van der Waals surface area contributed by atoms with Crippen molar-refractivity contribution in [2.24, 2.45) is 29.4 Å². The molecule has 2 unspecified atom stereocenters. The van der Waals surface area contributed by atoms with Crippen LogP contribution in [0.2, 0.25) is 0 Å². The van der Waals surface area contributed by atoms with Gasteiger partial charge >= 0.3 is 0 Å². The summed E-state index contributed by atoms with van der Waals surface area (Å²) in [7, 11) is 0. The SMILES string of the molecule is CCC1CCC(C2CC2CN)CC1. The lowest BCUT2D eigenvalue weighted by atomic mass is 9.78. The zero-order valence-corrected chi connectivity index (χ0v) is 8.84. The molecule has 0 radical (unpaired) electrons. The van der Waals surface area contributed by atoms with Gasteiger partial charge < -0.3 is 5.73 Å². The van der Waals surface area contributed by atoms with Crippen LogP contribution >= 0.6 is 0 Å². The Hall–Kier alpha value is -0.0400. The Balaban J connectivity index is 1.73. The first-order valence-electron chi connectivity index (χ1n) is 6.05. The van der Waals surface area contributed by atoms with Gasteiger partial charge in [0, 0.05) is 0 Å². The lowest BCUT2D eigenvalue weighted by molar-refractivity contribution is 0.241. The molecule has 0 amide bonds. The van der Waals surface area contributed by atoms with Crippen LogP contribution in [0.25, 0.3) is 0 Å². The molecule has 0 saturated heterocycles. The van der Waals surface area contributed by atoms with Crippen molar-refractivity contribution in [2.45, 2.75) is 45.4 Å². The van der Waals surface area contributed by atoms with E-state index in [0.29, 0.717) is 0 Å². The van der Waals surface area contributed by atoms with E-state index in [-0.39, 0.29) is 0 Å². The summed E-state index contributed by atoms with van der Waals surface area (Å²) in [5, 5.41) is 0. The second kappa shape index (κ2) is 4.00. The van der Waals surface area contributed by atoms with Crippen molar-refractivity contribution in [2.75, 3.05) is 6.54 Å². The molecule has 2 rings (SSSR count). The lowest BCUT2D eigenvalue weighted by Gasteiger charge is -2.28. The van der Waals surface area contributed by atoms with Gasteiger partial charge in [-0.3, -0.25) is 0 Å². The van der Waals surface area contributed by atoms with Gasteiger partial charge in [-0.05, 0) is 49.5 Å². The van der Waals surface area contributed by atoms with Crippen molar-refractivity contribution in [3.8, 4) is 0 Å². The third-order valence-corrected chi connectivity index (χ3v) is 4.35. The molecule has 1 heteroatoms. The molecule has 0 heterocycles. The minimum absolute atomic E-state index is 0.906. The van der Waals surface area contributed by atoms with E-state index in [4.69, 9.17) is 5.73 Å². The summed E-state index contributed by atoms with van der Waals surface area (Å²) >= 11 is 0. The van der Waals surface area contributed by atoms with E-state index in [9.17, 15) is 0 Å². The van der Waals surface area contributed by atoms with Gasteiger partial charge in [-0.2, -0.15) is 0 Å². The highest BCUT2D eigenvalue weighted by atomic mass is 14.6. The van der Waals surface area contributed by atoms with E-state index >= 15 is 0 Å². The van der Waals surface area contributed by atoms with Crippen molar-refractivity contribution in [1.29, 1.82) is 0 Å². The Morgan fingerprint density at radius 1 is 1.15 bits per heavy atom. The second-order valence-corrected chi connectivity index (χ2v) is 5.08. The summed E-state index contributed by atoms with van der Waals surface area (Å²) in [4.78, 5) is 0. The highest BCUT2D eigenvalue weighted by Gasteiger charge is 2.42. The standard InChI is InChI=1S/C12H23N/c1-2-9-3-5-10(6-4-9)12-7-11(12)8-13/h9-12H,2-8,13H2,1H3. The molecule has 0 aliphatic heterocycles. The molecule has 0 aromatic rings. The Kier molecular flexibility index (Phi) is 2.92. The molecule has 13 heavy (non-hydrogen) atoms. The average molecular weight is 181 g/mol. The Bertz CT molecular complexity index is 159. The molecular weight excluding hydrogens is 158 g/mol. The molecule has 2 fully saturated rings. The summed E-state index contributed by atoms with van der Waals surface area (Å²) in [6.45, 7) is 3.28. The highest BCUT2D eigenvalue weighted by Crippen LogP contribution is 2.49. The number of nitrogens with two attached hydrogens (primary N) is 1. The van der Waals surface area contributed by atoms with Gasteiger partial charge in [0.2, 0.25) is 0 Å². The zero-order chi connectivity index (χ0) is 9.26. The molecule has 0 aromatic carbocycles. The van der Waals surface area contributed by atoms with Crippen molar-refractivity contribution in [3.05, 3.63) is 0 Å². The summed E-state index contributed by atoms with van der Waals surface area (Å²) in [5.74, 6) is 4.04. The minimum Gasteiger partial charge on any atom is -0.330 e. The zero-order valence-electron chi connectivity index (χ0n) is 8.84. The number of hydrogen-bond donors (Lipinski definition) is 1. The molecule has 2 atom stereocenters. The van der Waals surface area contributed by atoms with E-state index in [0.717, 1.165) is 30.2 Å². The second-order valence-electron chi connectivity index (χ2n) is 5.08. The number of hydrogen-bond acceptors (Lipinski definition) is 1. The summed E-state index contributed by atoms with van der Waals surface area (Å²) < 4.78 is 0. The van der Waals surface area contributed by atoms with Crippen LogP contribution in [-0.2, 0) is 0 Å². The first kappa shape index (κ1) is 9.51. The van der Waals surface area contributed by atoms with Crippen LogP contribution in [0.4, 0.5) is 0 Å². The molecule has 1 nitrogen and oxygen atoms in total. The molecule has 2 aliphatic rings. The van der Waals surface area contributed by atoms with E-state index in [1.165, 1.54) is 38.5 Å². The highest BCUT2D eigenvalue weighted by molar-refractivity contribution is 4.93. The molecule has 0 aromatic heterocycles. The van der Waals surface area contributed by atoms with Crippen molar-refractivity contribution in [1.82, 2.24) is 0 Å². The van der Waals surface area contributed by atoms with Crippen LogP contribution in [0.1, 0.15) is 45.4 Å². The van der Waals surface area contributed by atoms with Crippen LogP contribution in [0.15, 0.2) is 0 Å². The van der Waals surface area contributed by atoms with E-state index in [1.807, 2.05) is 0 Å². The van der Waals surface area contributed by atoms with Gasteiger partial charge in [0.25, 0.3) is 0 Å². The van der Waals surface area contributed by atoms with Gasteiger partial charge in [-0.1, -0.05) is 26.2 Å². The minimum atomic E-state index is 0.906. The third-order valence-electron chi connectivity index (χ3n) is 4.35. The smallest absolute Gasteiger partial charge is 0.00460 e. The molecule has 0 bridgehead atoms. The fraction of sp³-hybridized carbons (Fsp3) is 1.00. The maximum atomic E-state index is 5.68. The molecule has 2 N–H and O–H groups in total. The predicted molar refractivity (Wildman–Crippen MR) is 56.4 cm³/mol. The Labute approximate surface area is 82.1 Å². The van der Waals surface area contributed by atoms with Crippen molar-refractivity contribution >= 4 is 0 Å². The first-order chi connectivity index (χ1) is 6.35. The van der Waals surface area contributed by atoms with Crippen LogP contribution in [0, 0.1) is 23.7 Å². The van der Waals surface area contributed by atoms with E-state index < -0.39 is 0 Å². The topological polar surface area (TPSA) is 26.0 Å². The van der Waals surface area contributed by atoms with Crippen molar-refractivity contribution < 1.29 is 0 Å². The fourth-order valence-corrected chi connectivity index (χ4v) is 3.14. The van der Waals surface area contributed by atoms with Crippen LogP contribution in [0.5, 0.6) is 0 Å². The van der Waals surface area contributed by atoms with E-state index in [1.54, 1.807) is 0 Å².